The molecular formula is C14H21FN2O2. The van der Waals surface area contributed by atoms with Gasteiger partial charge in [-0.15, -0.1) is 0 Å². The quantitative estimate of drug-likeness (QED) is 0.829. The molecule has 0 aliphatic carbocycles. The lowest BCUT2D eigenvalue weighted by Gasteiger charge is -2.14. The number of hydrogen-bond donors (Lipinski definition) is 2. The molecule has 19 heavy (non-hydrogen) atoms. The minimum absolute atomic E-state index is 0.0300. The standard InChI is InChI=1S/C14H21FN2O2/c1-10-8-13(15)5-4-12(10)6-7-16-14(18)17-11(2)9-19-3/h4-5,8,11H,6-7,9H2,1-3H3,(H2,16,17,18)/t11-/m1/s1. The molecule has 0 spiro atoms. The summed E-state index contributed by atoms with van der Waals surface area (Å²) in [4.78, 5) is 11.5. The lowest BCUT2D eigenvalue weighted by Crippen LogP contribution is -2.43. The van der Waals surface area contributed by atoms with Gasteiger partial charge < -0.3 is 15.4 Å². The van der Waals surface area contributed by atoms with Crippen LogP contribution in [-0.4, -0.2) is 32.3 Å². The number of benzene rings is 1. The Morgan fingerprint density at radius 3 is 2.84 bits per heavy atom. The number of aryl methyl sites for hydroxylation is 1. The highest BCUT2D eigenvalue weighted by molar-refractivity contribution is 5.74. The normalized spacial score (nSPS) is 12.0. The fourth-order valence-corrected chi connectivity index (χ4v) is 1.82. The van der Waals surface area contributed by atoms with Crippen LogP contribution in [0.15, 0.2) is 18.2 Å². The molecule has 0 heterocycles. The first-order valence-electron chi connectivity index (χ1n) is 6.31. The largest absolute Gasteiger partial charge is 0.383 e. The van der Waals surface area contributed by atoms with E-state index in [2.05, 4.69) is 10.6 Å². The first-order chi connectivity index (χ1) is 9.02. The number of ether oxygens (including phenoxy) is 1. The summed E-state index contributed by atoms with van der Waals surface area (Å²) in [6, 6.07) is 4.43. The van der Waals surface area contributed by atoms with Crippen LogP contribution in [0.5, 0.6) is 0 Å². The zero-order valence-corrected chi connectivity index (χ0v) is 11.6. The van der Waals surface area contributed by atoms with Gasteiger partial charge in [0.1, 0.15) is 5.82 Å². The highest BCUT2D eigenvalue weighted by Gasteiger charge is 2.06. The number of hydrogen-bond acceptors (Lipinski definition) is 2. The molecule has 5 heteroatoms. The van der Waals surface area contributed by atoms with E-state index < -0.39 is 0 Å². The maximum Gasteiger partial charge on any atom is 0.315 e. The van der Waals surface area contributed by atoms with Gasteiger partial charge in [-0.1, -0.05) is 6.07 Å². The highest BCUT2D eigenvalue weighted by atomic mass is 19.1. The Morgan fingerprint density at radius 2 is 2.21 bits per heavy atom. The number of amides is 2. The predicted molar refractivity (Wildman–Crippen MR) is 72.7 cm³/mol. The van der Waals surface area contributed by atoms with Crippen LogP contribution in [-0.2, 0) is 11.2 Å². The summed E-state index contributed by atoms with van der Waals surface area (Å²) >= 11 is 0. The fraction of sp³-hybridized carbons (Fsp3) is 0.500. The van der Waals surface area contributed by atoms with Crippen LogP contribution in [0.1, 0.15) is 18.1 Å². The maximum atomic E-state index is 12.9. The predicted octanol–water partition coefficient (Wildman–Crippen LogP) is 2.01. The number of carbonyl (C=O) groups excluding carboxylic acids is 1. The van der Waals surface area contributed by atoms with E-state index in [-0.39, 0.29) is 17.9 Å². The Balaban J connectivity index is 2.31. The number of rotatable bonds is 6. The van der Waals surface area contributed by atoms with Gasteiger partial charge in [0.2, 0.25) is 0 Å². The zero-order valence-electron chi connectivity index (χ0n) is 11.6. The van der Waals surface area contributed by atoms with E-state index in [4.69, 9.17) is 4.74 Å². The second-order valence-corrected chi connectivity index (χ2v) is 4.58. The van der Waals surface area contributed by atoms with Crippen LogP contribution in [0, 0.1) is 12.7 Å². The van der Waals surface area contributed by atoms with Crippen molar-refractivity contribution < 1.29 is 13.9 Å². The van der Waals surface area contributed by atoms with Gasteiger partial charge in [0.05, 0.1) is 12.6 Å². The van der Waals surface area contributed by atoms with Gasteiger partial charge in [0.15, 0.2) is 0 Å². The molecule has 0 saturated heterocycles. The lowest BCUT2D eigenvalue weighted by atomic mass is 10.1. The maximum absolute atomic E-state index is 12.9. The van der Waals surface area contributed by atoms with Crippen molar-refractivity contribution in [1.82, 2.24) is 10.6 Å². The number of halogens is 1. The third-order valence-corrected chi connectivity index (χ3v) is 2.78. The molecule has 1 rings (SSSR count). The van der Waals surface area contributed by atoms with E-state index in [1.807, 2.05) is 13.8 Å². The highest BCUT2D eigenvalue weighted by Crippen LogP contribution is 2.10. The van der Waals surface area contributed by atoms with Crippen LogP contribution >= 0.6 is 0 Å². The summed E-state index contributed by atoms with van der Waals surface area (Å²) in [6.07, 6.45) is 0.679. The van der Waals surface area contributed by atoms with Gasteiger partial charge in [-0.3, -0.25) is 0 Å². The molecule has 0 aliphatic rings. The Hall–Kier alpha value is -1.62. The van der Waals surface area contributed by atoms with Crippen LogP contribution in [0.25, 0.3) is 0 Å². The van der Waals surface area contributed by atoms with E-state index >= 15 is 0 Å². The second kappa shape index (κ2) is 7.74. The summed E-state index contributed by atoms with van der Waals surface area (Å²) in [5.41, 5.74) is 1.93. The van der Waals surface area contributed by atoms with Gasteiger partial charge in [-0.25, -0.2) is 9.18 Å². The molecule has 0 aliphatic heterocycles. The van der Waals surface area contributed by atoms with E-state index in [1.165, 1.54) is 12.1 Å². The smallest absolute Gasteiger partial charge is 0.315 e. The molecule has 0 fully saturated rings. The van der Waals surface area contributed by atoms with Crippen molar-refractivity contribution in [2.24, 2.45) is 0 Å². The zero-order chi connectivity index (χ0) is 14.3. The van der Waals surface area contributed by atoms with Crippen LogP contribution in [0.3, 0.4) is 0 Å². The van der Waals surface area contributed by atoms with Gasteiger partial charge in [-0.05, 0) is 43.5 Å². The minimum Gasteiger partial charge on any atom is -0.383 e. The van der Waals surface area contributed by atoms with E-state index in [9.17, 15) is 9.18 Å². The topological polar surface area (TPSA) is 50.4 Å². The van der Waals surface area contributed by atoms with Crippen molar-refractivity contribution >= 4 is 6.03 Å². The third kappa shape index (κ3) is 5.70. The first kappa shape index (κ1) is 15.4. The summed E-state index contributed by atoms with van der Waals surface area (Å²) < 4.78 is 17.8. The van der Waals surface area contributed by atoms with Crippen LogP contribution in [0.2, 0.25) is 0 Å². The molecule has 1 aromatic rings. The van der Waals surface area contributed by atoms with Crippen LogP contribution in [0.4, 0.5) is 9.18 Å². The SMILES string of the molecule is COC[C@@H](C)NC(=O)NCCc1ccc(F)cc1C. The Morgan fingerprint density at radius 1 is 1.47 bits per heavy atom. The van der Waals surface area contributed by atoms with Crippen LogP contribution < -0.4 is 10.6 Å². The minimum atomic E-state index is -0.236. The monoisotopic (exact) mass is 268 g/mol. The van der Waals surface area contributed by atoms with Crippen molar-refractivity contribution in [2.75, 3.05) is 20.3 Å². The molecule has 1 aromatic carbocycles. The number of nitrogens with one attached hydrogen (secondary N) is 2. The fourth-order valence-electron chi connectivity index (χ4n) is 1.82. The molecule has 4 nitrogen and oxygen atoms in total. The second-order valence-electron chi connectivity index (χ2n) is 4.58. The van der Waals surface area contributed by atoms with Gasteiger partial charge in [-0.2, -0.15) is 0 Å². The molecule has 0 unspecified atom stereocenters. The summed E-state index contributed by atoms with van der Waals surface area (Å²) in [6.45, 7) is 4.72. The Bertz CT molecular complexity index is 424. The van der Waals surface area contributed by atoms with Crippen molar-refractivity contribution in [3.05, 3.63) is 35.1 Å². The van der Waals surface area contributed by atoms with Crippen molar-refractivity contribution in [3.8, 4) is 0 Å². The Labute approximate surface area is 113 Å². The molecule has 0 saturated carbocycles. The number of urea groups is 1. The average molecular weight is 268 g/mol. The van der Waals surface area contributed by atoms with Gasteiger partial charge in [0, 0.05) is 13.7 Å². The van der Waals surface area contributed by atoms with E-state index in [0.29, 0.717) is 19.6 Å². The Kier molecular flexibility index (Phi) is 6.29. The summed E-state index contributed by atoms with van der Waals surface area (Å²) in [7, 11) is 1.59. The van der Waals surface area contributed by atoms with E-state index in [1.54, 1.807) is 13.2 Å². The molecule has 106 valence electrons. The molecule has 2 N–H and O–H groups in total. The number of methoxy groups -OCH3 is 1. The summed E-state index contributed by atoms with van der Waals surface area (Å²) in [5.74, 6) is -0.236. The summed E-state index contributed by atoms with van der Waals surface area (Å²) in [5, 5.41) is 5.52. The molecule has 0 aromatic heterocycles. The van der Waals surface area contributed by atoms with E-state index in [0.717, 1.165) is 11.1 Å². The number of carbonyl (C=O) groups is 1. The average Bonchev–Trinajstić information content (AvgIpc) is 2.32. The van der Waals surface area contributed by atoms with Crippen molar-refractivity contribution in [3.63, 3.8) is 0 Å². The molecule has 0 radical (unpaired) electrons. The molecule has 2 amide bonds. The molecule has 0 bridgehead atoms. The first-order valence-corrected chi connectivity index (χ1v) is 6.31. The third-order valence-electron chi connectivity index (χ3n) is 2.78. The van der Waals surface area contributed by atoms with Crippen molar-refractivity contribution in [2.45, 2.75) is 26.3 Å². The van der Waals surface area contributed by atoms with Gasteiger partial charge in [0.25, 0.3) is 0 Å². The lowest BCUT2D eigenvalue weighted by molar-refractivity contribution is 0.171. The van der Waals surface area contributed by atoms with Gasteiger partial charge >= 0.3 is 6.03 Å². The molecule has 1 atom stereocenters. The van der Waals surface area contributed by atoms with Crippen molar-refractivity contribution in [1.29, 1.82) is 0 Å². The molecular weight excluding hydrogens is 247 g/mol.